The van der Waals surface area contributed by atoms with Crippen molar-refractivity contribution in [3.8, 4) is 21.8 Å². The van der Waals surface area contributed by atoms with E-state index in [4.69, 9.17) is 0 Å². The maximum atomic E-state index is 13.5. The first kappa shape index (κ1) is 15.7. The fourth-order valence-electron chi connectivity index (χ4n) is 2.70. The fraction of sp³-hybridized carbons (Fsp3) is 0.105. The van der Waals surface area contributed by atoms with Gasteiger partial charge in [0.15, 0.2) is 0 Å². The number of pyridine rings is 2. The molecule has 3 heterocycles. The highest BCUT2D eigenvalue weighted by Gasteiger charge is 2.12. The lowest BCUT2D eigenvalue weighted by molar-refractivity contribution is 0.629. The van der Waals surface area contributed by atoms with Crippen molar-refractivity contribution in [2.24, 2.45) is 0 Å². The number of hydrogen-bond donors (Lipinski definition) is 1. The zero-order chi connectivity index (χ0) is 17.4. The van der Waals surface area contributed by atoms with E-state index < -0.39 is 0 Å². The highest BCUT2D eigenvalue weighted by molar-refractivity contribution is 7.13. The van der Waals surface area contributed by atoms with Crippen LogP contribution < -0.4 is 5.56 Å². The predicted molar refractivity (Wildman–Crippen MR) is 98.2 cm³/mol. The van der Waals surface area contributed by atoms with Crippen molar-refractivity contribution >= 4 is 22.2 Å². The molecular weight excluding hydrogens is 337 g/mol. The van der Waals surface area contributed by atoms with Crippen molar-refractivity contribution in [1.82, 2.24) is 15.0 Å². The summed E-state index contributed by atoms with van der Waals surface area (Å²) in [5, 5.41) is 3.31. The summed E-state index contributed by atoms with van der Waals surface area (Å²) in [4.78, 5) is 24.0. The van der Waals surface area contributed by atoms with Crippen LogP contribution >= 0.6 is 11.3 Å². The molecule has 0 aliphatic heterocycles. The Kier molecular flexibility index (Phi) is 3.89. The van der Waals surface area contributed by atoms with Gasteiger partial charge < -0.3 is 4.98 Å². The molecule has 0 spiro atoms. The third-order valence-electron chi connectivity index (χ3n) is 4.01. The molecule has 0 aliphatic carbocycles. The van der Waals surface area contributed by atoms with E-state index in [9.17, 15) is 9.18 Å². The number of rotatable bonds is 3. The number of hydrogen-bond acceptors (Lipinski definition) is 4. The smallest absolute Gasteiger partial charge is 0.257 e. The molecule has 4 aromatic rings. The molecule has 0 unspecified atom stereocenters. The van der Waals surface area contributed by atoms with Gasteiger partial charge in [0.2, 0.25) is 0 Å². The SMILES string of the molecule is CCc1cc(-c2nc(-c3cc4cc(F)ccc4[nH]c3=O)cs2)ccn1. The average Bonchev–Trinajstić information content (AvgIpc) is 3.11. The standard InChI is InChI=1S/C19H14FN3OS/c1-2-14-8-11(5-6-21-14)19-23-17(10-25-19)15-9-12-7-13(20)3-4-16(12)22-18(15)24/h3-10H,2H2,1H3,(H,22,24). The minimum Gasteiger partial charge on any atom is -0.321 e. The second-order valence-corrected chi connectivity index (χ2v) is 6.53. The summed E-state index contributed by atoms with van der Waals surface area (Å²) in [7, 11) is 0. The Morgan fingerprint density at radius 3 is 2.92 bits per heavy atom. The number of aryl methyl sites for hydroxylation is 1. The number of halogens is 1. The van der Waals surface area contributed by atoms with Crippen molar-refractivity contribution in [2.45, 2.75) is 13.3 Å². The molecule has 3 aromatic heterocycles. The third kappa shape index (κ3) is 2.96. The van der Waals surface area contributed by atoms with Gasteiger partial charge in [-0.1, -0.05) is 6.92 Å². The van der Waals surface area contributed by atoms with Gasteiger partial charge >= 0.3 is 0 Å². The highest BCUT2D eigenvalue weighted by atomic mass is 32.1. The molecule has 0 saturated carbocycles. The molecule has 4 rings (SSSR count). The lowest BCUT2D eigenvalue weighted by atomic mass is 10.1. The van der Waals surface area contributed by atoms with Crippen molar-refractivity contribution in [3.05, 3.63) is 69.8 Å². The largest absolute Gasteiger partial charge is 0.321 e. The van der Waals surface area contributed by atoms with E-state index in [0.29, 0.717) is 22.2 Å². The van der Waals surface area contributed by atoms with Gasteiger partial charge in [-0.25, -0.2) is 9.37 Å². The van der Waals surface area contributed by atoms with Crippen LogP contribution in [0.4, 0.5) is 4.39 Å². The van der Waals surface area contributed by atoms with Gasteiger partial charge in [-0.2, -0.15) is 0 Å². The minimum atomic E-state index is -0.339. The van der Waals surface area contributed by atoms with Crippen LogP contribution in [-0.2, 0) is 6.42 Å². The zero-order valence-corrected chi connectivity index (χ0v) is 14.2. The fourth-order valence-corrected chi connectivity index (χ4v) is 3.52. The maximum Gasteiger partial charge on any atom is 0.257 e. The quantitative estimate of drug-likeness (QED) is 0.594. The van der Waals surface area contributed by atoms with E-state index in [1.807, 2.05) is 24.4 Å². The molecule has 1 aromatic carbocycles. The number of aromatic amines is 1. The topological polar surface area (TPSA) is 58.6 Å². The summed E-state index contributed by atoms with van der Waals surface area (Å²) in [6.07, 6.45) is 2.61. The number of benzene rings is 1. The summed E-state index contributed by atoms with van der Waals surface area (Å²) in [5.41, 5.74) is 3.36. The van der Waals surface area contributed by atoms with E-state index in [1.165, 1.54) is 23.5 Å². The van der Waals surface area contributed by atoms with Gasteiger partial charge in [0.05, 0.1) is 11.3 Å². The van der Waals surface area contributed by atoms with Gasteiger partial charge in [0.1, 0.15) is 10.8 Å². The normalized spacial score (nSPS) is 11.1. The zero-order valence-electron chi connectivity index (χ0n) is 13.4. The summed E-state index contributed by atoms with van der Waals surface area (Å²) in [5.74, 6) is -0.339. The number of thiazole rings is 1. The van der Waals surface area contributed by atoms with Crippen molar-refractivity contribution < 1.29 is 4.39 Å². The van der Waals surface area contributed by atoms with Crippen LogP contribution in [0.2, 0.25) is 0 Å². The van der Waals surface area contributed by atoms with Crippen molar-refractivity contribution in [3.63, 3.8) is 0 Å². The molecule has 0 amide bonds. The summed E-state index contributed by atoms with van der Waals surface area (Å²) >= 11 is 1.47. The van der Waals surface area contributed by atoms with Crippen LogP contribution in [0.3, 0.4) is 0 Å². The van der Waals surface area contributed by atoms with Crippen LogP contribution in [-0.4, -0.2) is 15.0 Å². The van der Waals surface area contributed by atoms with Crippen LogP contribution in [0, 0.1) is 5.82 Å². The Morgan fingerprint density at radius 1 is 1.20 bits per heavy atom. The Bertz CT molecular complexity index is 1130. The number of H-pyrrole nitrogens is 1. The Balaban J connectivity index is 1.80. The van der Waals surface area contributed by atoms with Crippen LogP contribution in [0.5, 0.6) is 0 Å². The van der Waals surface area contributed by atoms with Crippen LogP contribution in [0.25, 0.3) is 32.7 Å². The number of nitrogens with zero attached hydrogens (tertiary/aromatic N) is 2. The molecule has 0 radical (unpaired) electrons. The van der Waals surface area contributed by atoms with Gasteiger partial charge in [0.25, 0.3) is 5.56 Å². The molecule has 4 nitrogen and oxygen atoms in total. The van der Waals surface area contributed by atoms with E-state index in [1.54, 1.807) is 18.3 Å². The Morgan fingerprint density at radius 2 is 2.08 bits per heavy atom. The molecule has 0 atom stereocenters. The van der Waals surface area contributed by atoms with Gasteiger partial charge in [-0.05, 0) is 42.8 Å². The maximum absolute atomic E-state index is 13.5. The van der Waals surface area contributed by atoms with Gasteiger partial charge in [0, 0.05) is 33.7 Å². The van der Waals surface area contributed by atoms with Crippen LogP contribution in [0.15, 0.2) is 52.8 Å². The summed E-state index contributed by atoms with van der Waals surface area (Å²) in [6, 6.07) is 9.88. The first-order chi connectivity index (χ1) is 12.1. The van der Waals surface area contributed by atoms with E-state index in [2.05, 4.69) is 15.0 Å². The first-order valence-corrected chi connectivity index (χ1v) is 8.76. The lowest BCUT2D eigenvalue weighted by Gasteiger charge is -2.02. The first-order valence-electron chi connectivity index (χ1n) is 7.88. The Labute approximate surface area is 147 Å². The minimum absolute atomic E-state index is 0.236. The second kappa shape index (κ2) is 6.22. The van der Waals surface area contributed by atoms with Crippen LogP contribution in [0.1, 0.15) is 12.6 Å². The number of aromatic nitrogens is 3. The predicted octanol–water partition coefficient (Wildman–Crippen LogP) is 4.42. The Hall–Kier alpha value is -2.86. The third-order valence-corrected chi connectivity index (χ3v) is 4.90. The molecule has 0 fully saturated rings. The average molecular weight is 351 g/mol. The molecule has 0 saturated heterocycles. The molecule has 25 heavy (non-hydrogen) atoms. The molecule has 0 bridgehead atoms. The van der Waals surface area contributed by atoms with Gasteiger partial charge in [-0.15, -0.1) is 11.3 Å². The molecule has 124 valence electrons. The summed E-state index contributed by atoms with van der Waals surface area (Å²) < 4.78 is 13.5. The van der Waals surface area contributed by atoms with Crippen molar-refractivity contribution in [2.75, 3.05) is 0 Å². The monoisotopic (exact) mass is 351 g/mol. The molecule has 1 N–H and O–H groups in total. The van der Waals surface area contributed by atoms with E-state index in [0.717, 1.165) is 22.7 Å². The molecule has 0 aliphatic rings. The highest BCUT2D eigenvalue weighted by Crippen LogP contribution is 2.28. The number of fused-ring (bicyclic) bond motifs is 1. The molecular formula is C19H14FN3OS. The van der Waals surface area contributed by atoms with Crippen molar-refractivity contribution in [1.29, 1.82) is 0 Å². The van der Waals surface area contributed by atoms with E-state index >= 15 is 0 Å². The van der Waals surface area contributed by atoms with E-state index in [-0.39, 0.29) is 11.4 Å². The summed E-state index contributed by atoms with van der Waals surface area (Å²) in [6.45, 7) is 2.05. The number of nitrogens with one attached hydrogen (secondary N) is 1. The van der Waals surface area contributed by atoms with Gasteiger partial charge in [-0.3, -0.25) is 9.78 Å². The molecule has 6 heteroatoms. The second-order valence-electron chi connectivity index (χ2n) is 5.67. The lowest BCUT2D eigenvalue weighted by Crippen LogP contribution is -2.08.